The van der Waals surface area contributed by atoms with E-state index in [1.165, 1.54) is 36.4 Å². The summed E-state index contributed by atoms with van der Waals surface area (Å²) in [5, 5.41) is 31.7. The van der Waals surface area contributed by atoms with Gasteiger partial charge < -0.3 is 9.29 Å². The third-order valence-electron chi connectivity index (χ3n) is 6.40. The molecule has 5 N–H and O–H groups in total. The van der Waals surface area contributed by atoms with Crippen LogP contribution in [0.15, 0.2) is 86.1 Å². The predicted octanol–water partition coefficient (Wildman–Crippen LogP) is 2.71. The zero-order valence-electron chi connectivity index (χ0n) is 25.5. The van der Waals surface area contributed by atoms with Gasteiger partial charge in [0.1, 0.15) is 22.1 Å². The van der Waals surface area contributed by atoms with Gasteiger partial charge in [-0.15, -0.1) is 4.33 Å². The second kappa shape index (κ2) is 15.6. The molecular formula is C27H22N4O16S4. The van der Waals surface area contributed by atoms with Crippen molar-refractivity contribution in [3.8, 4) is 17.3 Å². The van der Waals surface area contributed by atoms with Crippen LogP contribution in [0.1, 0.15) is 29.9 Å². The molecule has 0 saturated carbocycles. The first-order valence-corrected chi connectivity index (χ1v) is 18.0. The van der Waals surface area contributed by atoms with Crippen LogP contribution in [0.25, 0.3) is 11.8 Å². The summed E-state index contributed by atoms with van der Waals surface area (Å²) >= 11 is -2.32. The highest BCUT2D eigenvalue weighted by atomic mass is 32.2. The van der Waals surface area contributed by atoms with Gasteiger partial charge >= 0.3 is 11.4 Å². The lowest BCUT2D eigenvalue weighted by Crippen LogP contribution is -2.22. The first-order chi connectivity index (χ1) is 23.8. The molecule has 0 saturated heterocycles. The number of ketones is 2. The second-order valence-electron chi connectivity index (χ2n) is 9.74. The number of rotatable bonds is 14. The van der Waals surface area contributed by atoms with Crippen LogP contribution in [0.5, 0.6) is 11.6 Å². The van der Waals surface area contributed by atoms with Crippen molar-refractivity contribution in [1.82, 2.24) is 9.78 Å². The number of amides is 1. The van der Waals surface area contributed by atoms with Gasteiger partial charge in [0.15, 0.2) is 11.6 Å². The van der Waals surface area contributed by atoms with Crippen molar-refractivity contribution in [3.63, 3.8) is 0 Å². The van der Waals surface area contributed by atoms with E-state index in [-0.39, 0.29) is 33.2 Å². The van der Waals surface area contributed by atoms with Gasteiger partial charge in [0.05, 0.1) is 44.3 Å². The molecule has 1 aromatic heterocycles. The minimum atomic E-state index is -5.05. The number of carbonyl (C=O) groups excluding carboxylic acids is 3. The van der Waals surface area contributed by atoms with E-state index in [0.29, 0.717) is 34.9 Å². The van der Waals surface area contributed by atoms with Crippen molar-refractivity contribution in [3.05, 3.63) is 77.5 Å². The molecule has 1 aliphatic heterocycles. The number of hydrazone groups is 1. The lowest BCUT2D eigenvalue weighted by molar-refractivity contribution is -0.432. The van der Waals surface area contributed by atoms with E-state index in [0.717, 1.165) is 31.0 Å². The summed E-state index contributed by atoms with van der Waals surface area (Å²) in [6, 6.07) is 5.52. The van der Waals surface area contributed by atoms with Gasteiger partial charge in [-0.05, 0) is 42.5 Å². The van der Waals surface area contributed by atoms with Crippen molar-refractivity contribution < 1.29 is 73.0 Å². The molecule has 20 nitrogen and oxygen atoms in total. The Labute approximate surface area is 294 Å². The number of aromatic hydroxyl groups is 1. The molecule has 2 heterocycles. The highest BCUT2D eigenvalue weighted by Gasteiger charge is 2.35. The number of nitrogens with zero attached hydrogens (tertiary/aromatic N) is 4. The summed E-state index contributed by atoms with van der Waals surface area (Å²) in [7, 11) is -9.95. The molecule has 0 fully saturated rings. The number of aromatic nitrogens is 2. The lowest BCUT2D eigenvalue weighted by atomic mass is 10.1. The number of benzene rings is 2. The number of hydrogen-bond donors (Lipinski definition) is 5. The Balaban J connectivity index is 1.71. The molecule has 2 aromatic carbocycles. The first kappa shape index (κ1) is 38.9. The largest absolute Gasteiger partial charge is 0.493 e. The van der Waals surface area contributed by atoms with E-state index in [1.54, 1.807) is 0 Å². The summed E-state index contributed by atoms with van der Waals surface area (Å²) in [5.41, 5.74) is -2.10. The van der Waals surface area contributed by atoms with E-state index >= 15 is 0 Å². The topological polar surface area (TPSA) is 299 Å². The van der Waals surface area contributed by atoms with Gasteiger partial charge in [-0.25, -0.2) is 5.26 Å². The van der Waals surface area contributed by atoms with Crippen molar-refractivity contribution in [2.75, 3.05) is 5.01 Å². The SMILES string of the molecule is CC(=O)C1=NN(c2cc(OS(=O)O)ccc2SOOO)C(=O)\C1=C/C=C/C=C/c1c(C(C)=O)nn(-c2cc(S(=O)(=O)O)ccc2S(=O)(=O)O)c1O. The summed E-state index contributed by atoms with van der Waals surface area (Å²) in [6.45, 7) is 2.18. The van der Waals surface area contributed by atoms with Gasteiger partial charge in [0.2, 0.25) is 5.88 Å². The summed E-state index contributed by atoms with van der Waals surface area (Å²) < 4.78 is 96.3. The predicted molar refractivity (Wildman–Crippen MR) is 175 cm³/mol. The number of carbonyl (C=O) groups is 3. The molecule has 1 amide bonds. The smallest absolute Gasteiger partial charge is 0.357 e. The van der Waals surface area contributed by atoms with E-state index in [9.17, 15) is 49.6 Å². The average molecular weight is 787 g/mol. The Morgan fingerprint density at radius 3 is 2.25 bits per heavy atom. The molecular weight excluding hydrogens is 765 g/mol. The standard InChI is InChI=1S/C27H22N4O16S4/c1-14(32)24-18(26(34)30(28-24)20-12-16(45-49(37)38)8-10-22(20)48-47-46-36)6-4-3-5-7-19-25(15(2)33)29-31(27(19)35)21-13-17(50(39,40)41)9-11-23(21)51(42,43)44/h3-13,35-36H,1-2H3,(H,37,38)(H,39,40,41)(H,42,43,44)/b4-3+,7-5+,18-6-. The molecule has 51 heavy (non-hydrogen) atoms. The van der Waals surface area contributed by atoms with E-state index in [4.69, 9.17) is 14.0 Å². The van der Waals surface area contributed by atoms with Gasteiger partial charge in [0.25, 0.3) is 26.1 Å². The molecule has 0 aliphatic carbocycles. The Bertz CT molecular complexity index is 2310. The zero-order chi connectivity index (χ0) is 37.8. The Hall–Kier alpha value is -4.89. The Morgan fingerprint density at radius 2 is 1.67 bits per heavy atom. The fraction of sp³-hybridized carbons (Fsp3) is 0.0741. The van der Waals surface area contributed by atoms with Gasteiger partial charge in [-0.3, -0.25) is 28.0 Å². The summed E-state index contributed by atoms with van der Waals surface area (Å²) in [5.74, 6) is -3.30. The highest BCUT2D eigenvalue weighted by Crippen LogP contribution is 2.37. The molecule has 1 aliphatic rings. The zero-order valence-corrected chi connectivity index (χ0v) is 28.8. The maximum absolute atomic E-state index is 13.4. The van der Waals surface area contributed by atoms with Crippen LogP contribution in [0.2, 0.25) is 0 Å². The van der Waals surface area contributed by atoms with Crippen molar-refractivity contribution in [1.29, 1.82) is 0 Å². The fourth-order valence-corrected chi connectivity index (χ4v) is 6.20. The lowest BCUT2D eigenvalue weighted by Gasteiger charge is -2.16. The third kappa shape index (κ3) is 8.89. The van der Waals surface area contributed by atoms with Crippen molar-refractivity contribution in [2.45, 2.75) is 28.5 Å². The van der Waals surface area contributed by atoms with Crippen LogP contribution in [0.3, 0.4) is 0 Å². The number of anilines is 1. The maximum Gasteiger partial charge on any atom is 0.357 e. The molecule has 1 unspecified atom stereocenters. The van der Waals surface area contributed by atoms with Gasteiger partial charge in [-0.2, -0.15) is 40.9 Å². The van der Waals surface area contributed by atoms with Crippen LogP contribution in [-0.2, 0) is 50.6 Å². The number of allylic oxidation sites excluding steroid dienone is 4. The minimum absolute atomic E-state index is 0.0786. The minimum Gasteiger partial charge on any atom is -0.493 e. The molecule has 1 atom stereocenters. The quantitative estimate of drug-likeness (QED) is 0.0229. The van der Waals surface area contributed by atoms with Gasteiger partial charge in [0, 0.05) is 19.9 Å². The average Bonchev–Trinajstić information content (AvgIpc) is 3.55. The normalized spacial score (nSPS) is 15.3. The van der Waals surface area contributed by atoms with E-state index in [2.05, 4.69) is 19.6 Å². The van der Waals surface area contributed by atoms with Crippen molar-refractivity contribution >= 4 is 78.6 Å². The van der Waals surface area contributed by atoms with Crippen LogP contribution in [0.4, 0.5) is 5.69 Å². The van der Waals surface area contributed by atoms with Crippen molar-refractivity contribution in [2.24, 2.45) is 5.10 Å². The van der Waals surface area contributed by atoms with Crippen LogP contribution in [0, 0.1) is 0 Å². The highest BCUT2D eigenvalue weighted by molar-refractivity contribution is 7.94. The number of hydrogen-bond acceptors (Lipinski definition) is 16. The fourth-order valence-electron chi connectivity index (χ4n) is 4.32. The van der Waals surface area contributed by atoms with E-state index in [1.807, 2.05) is 0 Å². The van der Waals surface area contributed by atoms with Crippen LogP contribution in [-0.4, -0.2) is 78.0 Å². The van der Waals surface area contributed by atoms with Crippen LogP contribution < -0.4 is 9.19 Å². The number of Topliss-reactive ketones (excluding diaryl/α,β-unsaturated/α-hetero) is 2. The summed E-state index contributed by atoms with van der Waals surface area (Å²) in [6.07, 6.45) is 6.10. The van der Waals surface area contributed by atoms with E-state index < -0.39 is 76.1 Å². The summed E-state index contributed by atoms with van der Waals surface area (Å²) in [4.78, 5) is 36.5. The molecule has 270 valence electrons. The molecule has 0 bridgehead atoms. The Morgan fingerprint density at radius 1 is 0.961 bits per heavy atom. The molecule has 0 spiro atoms. The third-order valence-corrected chi connectivity index (χ3v) is 9.14. The Kier molecular flexibility index (Phi) is 11.9. The second-order valence-corrected chi connectivity index (χ2v) is 13.9. The molecule has 4 rings (SSSR count). The monoisotopic (exact) mass is 786 g/mol. The molecule has 0 radical (unpaired) electrons. The van der Waals surface area contributed by atoms with Crippen LogP contribution >= 0.6 is 12.0 Å². The van der Waals surface area contributed by atoms with Gasteiger partial charge in [-0.1, -0.05) is 23.3 Å². The molecule has 3 aromatic rings. The first-order valence-electron chi connectivity index (χ1n) is 13.3. The maximum atomic E-state index is 13.4. The molecule has 24 heteroatoms.